The maximum atomic E-state index is 12.0. The fourth-order valence-electron chi connectivity index (χ4n) is 2.37. The Kier molecular flexibility index (Phi) is 5.69. The number of hydrogen-bond acceptors (Lipinski definition) is 4. The highest BCUT2D eigenvalue weighted by atomic mass is 32.1. The van der Waals surface area contributed by atoms with E-state index in [-0.39, 0.29) is 18.2 Å². The third-order valence-electron chi connectivity index (χ3n) is 3.75. The van der Waals surface area contributed by atoms with Crippen molar-refractivity contribution in [3.8, 4) is 11.3 Å². The summed E-state index contributed by atoms with van der Waals surface area (Å²) < 4.78 is 0. The van der Waals surface area contributed by atoms with Gasteiger partial charge in [-0.25, -0.2) is 10.4 Å². The van der Waals surface area contributed by atoms with E-state index in [1.807, 2.05) is 73.0 Å². The molecule has 126 valence electrons. The van der Waals surface area contributed by atoms with E-state index in [1.54, 1.807) is 6.21 Å². The van der Waals surface area contributed by atoms with Crippen molar-refractivity contribution in [3.63, 3.8) is 0 Å². The van der Waals surface area contributed by atoms with Gasteiger partial charge in [-0.15, -0.1) is 11.3 Å². The number of benzene rings is 2. The molecule has 1 atom stereocenters. The van der Waals surface area contributed by atoms with E-state index >= 15 is 0 Å². The first-order chi connectivity index (χ1) is 12.2. The van der Waals surface area contributed by atoms with Gasteiger partial charge in [0, 0.05) is 23.1 Å². The summed E-state index contributed by atoms with van der Waals surface area (Å²) in [6, 6.07) is 20.0. The first-order valence-corrected chi connectivity index (χ1v) is 8.97. The van der Waals surface area contributed by atoms with Gasteiger partial charge >= 0.3 is 0 Å². The van der Waals surface area contributed by atoms with Crippen LogP contribution in [0.15, 0.2) is 71.1 Å². The summed E-state index contributed by atoms with van der Waals surface area (Å²) in [5.41, 5.74) is 5.69. The Bertz CT molecular complexity index is 844. The zero-order chi connectivity index (χ0) is 17.5. The van der Waals surface area contributed by atoms with E-state index < -0.39 is 0 Å². The van der Waals surface area contributed by atoms with Crippen molar-refractivity contribution >= 4 is 23.5 Å². The molecule has 0 unspecified atom stereocenters. The lowest BCUT2D eigenvalue weighted by atomic mass is 10.0. The van der Waals surface area contributed by atoms with Crippen LogP contribution in [-0.4, -0.2) is 17.1 Å². The van der Waals surface area contributed by atoms with Gasteiger partial charge in [-0.3, -0.25) is 4.79 Å². The largest absolute Gasteiger partial charge is 0.273 e. The van der Waals surface area contributed by atoms with E-state index in [9.17, 15) is 4.79 Å². The fourth-order valence-corrected chi connectivity index (χ4v) is 3.18. The van der Waals surface area contributed by atoms with E-state index in [2.05, 4.69) is 15.5 Å². The van der Waals surface area contributed by atoms with E-state index in [0.29, 0.717) is 0 Å². The first-order valence-electron chi connectivity index (χ1n) is 8.09. The molecule has 0 saturated heterocycles. The second kappa shape index (κ2) is 8.35. The summed E-state index contributed by atoms with van der Waals surface area (Å²) >= 11 is 1.49. The maximum absolute atomic E-state index is 12.0. The summed E-state index contributed by atoms with van der Waals surface area (Å²) in [5, 5.41) is 6.81. The van der Waals surface area contributed by atoms with Crippen LogP contribution in [0.2, 0.25) is 0 Å². The standard InChI is InChI=1S/C20H19N3OS/c1-15(16-8-4-2-5-9-16)13-21-23-19(24)12-20-22-18(14-25-20)17-10-6-3-7-11-17/h2-11,13-15H,12H2,1H3,(H,23,24)/b21-13-/t15-/m0/s1. The van der Waals surface area contributed by atoms with Crippen LogP contribution in [0.25, 0.3) is 11.3 Å². The average Bonchev–Trinajstić information content (AvgIpc) is 3.11. The van der Waals surface area contributed by atoms with Gasteiger partial charge in [0.1, 0.15) is 5.01 Å². The summed E-state index contributed by atoms with van der Waals surface area (Å²) in [6.07, 6.45) is 1.97. The molecule has 3 rings (SSSR count). The second-order valence-corrected chi connectivity index (χ2v) is 6.62. The van der Waals surface area contributed by atoms with Crippen LogP contribution in [0.4, 0.5) is 0 Å². The molecule has 0 fully saturated rings. The van der Waals surface area contributed by atoms with Crippen molar-refractivity contribution in [1.29, 1.82) is 0 Å². The predicted octanol–water partition coefficient (Wildman–Crippen LogP) is 4.26. The van der Waals surface area contributed by atoms with Crippen LogP contribution in [0.5, 0.6) is 0 Å². The lowest BCUT2D eigenvalue weighted by Gasteiger charge is -2.05. The number of nitrogens with zero attached hydrogens (tertiary/aromatic N) is 2. The van der Waals surface area contributed by atoms with E-state index in [0.717, 1.165) is 21.8 Å². The van der Waals surface area contributed by atoms with Gasteiger partial charge in [0.2, 0.25) is 5.91 Å². The molecule has 1 N–H and O–H groups in total. The Hall–Kier alpha value is -2.79. The van der Waals surface area contributed by atoms with Crippen molar-refractivity contribution in [2.75, 3.05) is 0 Å². The van der Waals surface area contributed by atoms with Crippen molar-refractivity contribution in [2.45, 2.75) is 19.3 Å². The third kappa shape index (κ3) is 4.84. The number of aromatic nitrogens is 1. The second-order valence-electron chi connectivity index (χ2n) is 5.68. The first kappa shape index (κ1) is 17.0. The quantitative estimate of drug-likeness (QED) is 0.534. The molecule has 4 nitrogen and oxygen atoms in total. The number of thiazole rings is 1. The molecule has 1 aromatic heterocycles. The number of nitrogens with one attached hydrogen (secondary N) is 1. The van der Waals surface area contributed by atoms with Crippen LogP contribution in [-0.2, 0) is 11.2 Å². The molecular weight excluding hydrogens is 330 g/mol. The highest BCUT2D eigenvalue weighted by Crippen LogP contribution is 2.21. The smallest absolute Gasteiger partial charge is 0.246 e. The summed E-state index contributed by atoms with van der Waals surface area (Å²) in [6.45, 7) is 2.04. The fraction of sp³-hybridized carbons (Fsp3) is 0.150. The topological polar surface area (TPSA) is 54.4 Å². The molecule has 0 aliphatic heterocycles. The predicted molar refractivity (Wildman–Crippen MR) is 103 cm³/mol. The van der Waals surface area contributed by atoms with Crippen LogP contribution in [0.3, 0.4) is 0 Å². The molecular formula is C20H19N3OS. The minimum atomic E-state index is -0.162. The Labute approximate surface area is 151 Å². The molecule has 2 aromatic carbocycles. The summed E-state index contributed by atoms with van der Waals surface area (Å²) in [5.74, 6) is -0.0171. The van der Waals surface area contributed by atoms with Gasteiger partial charge in [0.05, 0.1) is 12.1 Å². The van der Waals surface area contributed by atoms with E-state index in [4.69, 9.17) is 0 Å². The van der Waals surface area contributed by atoms with Crippen molar-refractivity contribution in [1.82, 2.24) is 10.4 Å². The number of rotatable bonds is 6. The SMILES string of the molecule is C[C@@H](/C=N\NC(=O)Cc1nc(-c2ccccc2)cs1)c1ccccc1. The number of hydrazone groups is 1. The van der Waals surface area contributed by atoms with Crippen LogP contribution < -0.4 is 5.43 Å². The molecule has 25 heavy (non-hydrogen) atoms. The molecule has 0 spiro atoms. The summed E-state index contributed by atoms with van der Waals surface area (Å²) in [7, 11) is 0. The number of carbonyl (C=O) groups is 1. The van der Waals surface area contributed by atoms with Gasteiger partial charge in [-0.1, -0.05) is 67.6 Å². The van der Waals surface area contributed by atoms with Crippen LogP contribution in [0.1, 0.15) is 23.4 Å². The molecule has 1 heterocycles. The van der Waals surface area contributed by atoms with Crippen molar-refractivity contribution in [2.24, 2.45) is 5.10 Å². The van der Waals surface area contributed by atoms with Crippen molar-refractivity contribution < 1.29 is 4.79 Å². The van der Waals surface area contributed by atoms with Gasteiger partial charge < -0.3 is 0 Å². The highest BCUT2D eigenvalue weighted by Gasteiger charge is 2.09. The van der Waals surface area contributed by atoms with Crippen molar-refractivity contribution in [3.05, 3.63) is 76.6 Å². The molecule has 0 aliphatic carbocycles. The Morgan fingerprint density at radius 2 is 1.84 bits per heavy atom. The lowest BCUT2D eigenvalue weighted by molar-refractivity contribution is -0.120. The summed E-state index contributed by atoms with van der Waals surface area (Å²) in [4.78, 5) is 16.5. The number of carbonyl (C=O) groups excluding carboxylic acids is 1. The molecule has 0 saturated carbocycles. The van der Waals surface area contributed by atoms with Gasteiger partial charge in [-0.2, -0.15) is 5.10 Å². The zero-order valence-electron chi connectivity index (χ0n) is 13.9. The molecule has 1 amide bonds. The zero-order valence-corrected chi connectivity index (χ0v) is 14.7. The monoisotopic (exact) mass is 349 g/mol. The highest BCUT2D eigenvalue weighted by molar-refractivity contribution is 7.10. The lowest BCUT2D eigenvalue weighted by Crippen LogP contribution is -2.20. The Morgan fingerprint density at radius 3 is 2.56 bits per heavy atom. The van der Waals surface area contributed by atoms with E-state index in [1.165, 1.54) is 11.3 Å². The number of hydrogen-bond donors (Lipinski definition) is 1. The third-order valence-corrected chi connectivity index (χ3v) is 4.59. The molecule has 3 aromatic rings. The normalized spacial score (nSPS) is 12.2. The Balaban J connectivity index is 1.53. The maximum Gasteiger partial charge on any atom is 0.246 e. The van der Waals surface area contributed by atoms with Gasteiger partial charge in [0.15, 0.2) is 0 Å². The minimum Gasteiger partial charge on any atom is -0.273 e. The van der Waals surface area contributed by atoms with Gasteiger partial charge in [0.25, 0.3) is 0 Å². The molecule has 0 radical (unpaired) electrons. The molecule has 0 aliphatic rings. The average molecular weight is 349 g/mol. The minimum absolute atomic E-state index is 0.144. The number of amides is 1. The van der Waals surface area contributed by atoms with Gasteiger partial charge in [-0.05, 0) is 5.56 Å². The Morgan fingerprint density at radius 1 is 1.16 bits per heavy atom. The molecule has 5 heteroatoms. The van der Waals surface area contributed by atoms with Crippen LogP contribution >= 0.6 is 11.3 Å². The van der Waals surface area contributed by atoms with Crippen LogP contribution in [0, 0.1) is 0 Å². The molecule has 0 bridgehead atoms.